The van der Waals surface area contributed by atoms with Crippen LogP contribution in [0.25, 0.3) is 11.1 Å². The maximum atomic E-state index is 11.8. The molecule has 0 bridgehead atoms. The number of methoxy groups -OCH3 is 1. The van der Waals surface area contributed by atoms with Crippen LogP contribution in [-0.4, -0.2) is 19.6 Å². The number of benzene rings is 2. The highest BCUT2D eigenvalue weighted by Gasteiger charge is 2.04. The van der Waals surface area contributed by atoms with E-state index in [1.165, 1.54) is 0 Å². The molecule has 2 rings (SSSR count). The largest absolute Gasteiger partial charge is 0.497 e. The van der Waals surface area contributed by atoms with E-state index in [-0.39, 0.29) is 5.91 Å². The molecule has 0 saturated carbocycles. The molecule has 20 heavy (non-hydrogen) atoms. The fourth-order valence-corrected chi connectivity index (χ4v) is 1.86. The summed E-state index contributed by atoms with van der Waals surface area (Å²) in [4.78, 5) is 11.8. The van der Waals surface area contributed by atoms with Crippen LogP contribution in [0.1, 0.15) is 10.4 Å². The van der Waals surface area contributed by atoms with E-state index < -0.39 is 0 Å². The zero-order valence-electron chi connectivity index (χ0n) is 11.4. The summed E-state index contributed by atoms with van der Waals surface area (Å²) >= 11 is 0. The van der Waals surface area contributed by atoms with Gasteiger partial charge in [-0.1, -0.05) is 30.3 Å². The van der Waals surface area contributed by atoms with Crippen molar-refractivity contribution in [1.29, 1.82) is 0 Å². The van der Waals surface area contributed by atoms with Crippen molar-refractivity contribution < 1.29 is 9.53 Å². The molecule has 0 aliphatic carbocycles. The topological polar surface area (TPSA) is 38.3 Å². The summed E-state index contributed by atoms with van der Waals surface area (Å²) in [6.45, 7) is 4.04. The minimum atomic E-state index is -0.0915. The third kappa shape index (κ3) is 3.26. The lowest BCUT2D eigenvalue weighted by atomic mass is 10.0. The van der Waals surface area contributed by atoms with Gasteiger partial charge in [-0.2, -0.15) is 0 Å². The van der Waals surface area contributed by atoms with Crippen LogP contribution in [0.3, 0.4) is 0 Å². The Labute approximate surface area is 118 Å². The highest BCUT2D eigenvalue weighted by atomic mass is 16.5. The smallest absolute Gasteiger partial charge is 0.251 e. The van der Waals surface area contributed by atoms with Crippen molar-refractivity contribution in [2.45, 2.75) is 0 Å². The van der Waals surface area contributed by atoms with Crippen LogP contribution < -0.4 is 10.1 Å². The number of nitrogens with one attached hydrogen (secondary N) is 1. The highest BCUT2D eigenvalue weighted by molar-refractivity contribution is 5.94. The van der Waals surface area contributed by atoms with Gasteiger partial charge in [-0.05, 0) is 35.4 Å². The predicted molar refractivity (Wildman–Crippen MR) is 81.0 cm³/mol. The third-order valence-electron chi connectivity index (χ3n) is 2.98. The average molecular weight is 267 g/mol. The monoisotopic (exact) mass is 267 g/mol. The Balaban J connectivity index is 2.14. The lowest BCUT2D eigenvalue weighted by Crippen LogP contribution is -2.22. The van der Waals surface area contributed by atoms with E-state index >= 15 is 0 Å². The molecule has 0 heterocycles. The van der Waals surface area contributed by atoms with Gasteiger partial charge in [0.25, 0.3) is 5.91 Å². The Kier molecular flexibility index (Phi) is 4.56. The first-order valence-electron chi connectivity index (χ1n) is 6.38. The molecule has 0 aliphatic rings. The summed E-state index contributed by atoms with van der Waals surface area (Å²) in [7, 11) is 1.64. The number of carbonyl (C=O) groups excluding carboxylic acids is 1. The first-order valence-corrected chi connectivity index (χ1v) is 6.38. The van der Waals surface area contributed by atoms with E-state index in [4.69, 9.17) is 4.74 Å². The minimum Gasteiger partial charge on any atom is -0.497 e. The second-order valence-electron chi connectivity index (χ2n) is 4.30. The van der Waals surface area contributed by atoms with Crippen LogP contribution >= 0.6 is 0 Å². The van der Waals surface area contributed by atoms with Gasteiger partial charge in [-0.3, -0.25) is 4.79 Å². The van der Waals surface area contributed by atoms with Gasteiger partial charge < -0.3 is 10.1 Å². The van der Waals surface area contributed by atoms with Gasteiger partial charge in [0.1, 0.15) is 5.75 Å². The van der Waals surface area contributed by atoms with Gasteiger partial charge in [0.15, 0.2) is 0 Å². The van der Waals surface area contributed by atoms with Crippen LogP contribution in [-0.2, 0) is 0 Å². The van der Waals surface area contributed by atoms with Crippen LogP contribution in [0.2, 0.25) is 0 Å². The summed E-state index contributed by atoms with van der Waals surface area (Å²) in [5.74, 6) is 0.736. The van der Waals surface area contributed by atoms with E-state index in [9.17, 15) is 4.79 Å². The van der Waals surface area contributed by atoms with Gasteiger partial charge >= 0.3 is 0 Å². The normalized spacial score (nSPS) is 9.85. The van der Waals surface area contributed by atoms with Crippen molar-refractivity contribution in [2.75, 3.05) is 13.7 Å². The summed E-state index contributed by atoms with van der Waals surface area (Å²) in [6, 6.07) is 15.3. The predicted octanol–water partition coefficient (Wildman–Crippen LogP) is 3.28. The van der Waals surface area contributed by atoms with Crippen LogP contribution in [0.4, 0.5) is 0 Å². The van der Waals surface area contributed by atoms with E-state index in [1.54, 1.807) is 13.2 Å². The lowest BCUT2D eigenvalue weighted by molar-refractivity contribution is 0.0958. The molecule has 0 spiro atoms. The Hall–Kier alpha value is -2.55. The van der Waals surface area contributed by atoms with Gasteiger partial charge in [-0.25, -0.2) is 0 Å². The zero-order chi connectivity index (χ0) is 14.4. The maximum absolute atomic E-state index is 11.8. The lowest BCUT2D eigenvalue weighted by Gasteiger charge is -2.06. The average Bonchev–Trinajstić information content (AvgIpc) is 2.53. The Morgan fingerprint density at radius 1 is 1.10 bits per heavy atom. The molecule has 0 aromatic heterocycles. The molecule has 0 fully saturated rings. The fourth-order valence-electron chi connectivity index (χ4n) is 1.86. The summed E-state index contributed by atoms with van der Waals surface area (Å²) in [5, 5.41) is 2.75. The zero-order valence-corrected chi connectivity index (χ0v) is 11.4. The van der Waals surface area contributed by atoms with Crippen LogP contribution in [0.15, 0.2) is 61.2 Å². The fraction of sp³-hybridized carbons (Fsp3) is 0.118. The maximum Gasteiger partial charge on any atom is 0.251 e. The molecule has 1 N–H and O–H groups in total. The molecular formula is C17H17NO2. The van der Waals surface area contributed by atoms with E-state index in [1.807, 2.05) is 48.5 Å². The van der Waals surface area contributed by atoms with Crippen LogP contribution in [0.5, 0.6) is 5.75 Å². The molecule has 0 radical (unpaired) electrons. The Morgan fingerprint density at radius 3 is 2.15 bits per heavy atom. The van der Waals surface area contributed by atoms with E-state index in [2.05, 4.69) is 11.9 Å². The second kappa shape index (κ2) is 6.57. The van der Waals surface area contributed by atoms with Gasteiger partial charge in [0.2, 0.25) is 0 Å². The molecule has 0 aliphatic heterocycles. The molecule has 0 unspecified atom stereocenters. The number of hydrogen-bond donors (Lipinski definition) is 1. The molecule has 0 atom stereocenters. The summed E-state index contributed by atoms with van der Waals surface area (Å²) in [6.07, 6.45) is 1.66. The summed E-state index contributed by atoms with van der Waals surface area (Å²) in [5.41, 5.74) is 2.79. The number of ether oxygens (including phenoxy) is 1. The first kappa shape index (κ1) is 13.9. The summed E-state index contributed by atoms with van der Waals surface area (Å²) < 4.78 is 5.13. The van der Waals surface area contributed by atoms with Crippen molar-refractivity contribution in [3.05, 3.63) is 66.7 Å². The van der Waals surface area contributed by atoms with Crippen molar-refractivity contribution >= 4 is 5.91 Å². The SMILES string of the molecule is C=CCNC(=O)c1ccc(-c2ccc(OC)cc2)cc1. The third-order valence-corrected chi connectivity index (χ3v) is 2.98. The van der Waals surface area contributed by atoms with Crippen LogP contribution in [0, 0.1) is 0 Å². The van der Waals surface area contributed by atoms with Crippen molar-refractivity contribution in [3.63, 3.8) is 0 Å². The van der Waals surface area contributed by atoms with E-state index in [0.717, 1.165) is 16.9 Å². The molecule has 3 nitrogen and oxygen atoms in total. The van der Waals surface area contributed by atoms with E-state index in [0.29, 0.717) is 12.1 Å². The Morgan fingerprint density at radius 2 is 1.65 bits per heavy atom. The number of amides is 1. The number of rotatable bonds is 5. The van der Waals surface area contributed by atoms with Crippen molar-refractivity contribution in [2.24, 2.45) is 0 Å². The molecule has 3 heteroatoms. The quantitative estimate of drug-likeness (QED) is 0.844. The molecule has 1 amide bonds. The van der Waals surface area contributed by atoms with Gasteiger partial charge in [-0.15, -0.1) is 6.58 Å². The molecular weight excluding hydrogens is 250 g/mol. The highest BCUT2D eigenvalue weighted by Crippen LogP contribution is 2.22. The molecule has 2 aromatic rings. The van der Waals surface area contributed by atoms with Crippen molar-refractivity contribution in [3.8, 4) is 16.9 Å². The first-order chi connectivity index (χ1) is 9.74. The Bertz CT molecular complexity index is 585. The molecule has 102 valence electrons. The van der Waals surface area contributed by atoms with Gasteiger partial charge in [0.05, 0.1) is 7.11 Å². The van der Waals surface area contributed by atoms with Crippen molar-refractivity contribution in [1.82, 2.24) is 5.32 Å². The molecule has 2 aromatic carbocycles. The standard InChI is InChI=1S/C17H17NO2/c1-3-12-18-17(19)15-6-4-13(5-7-15)14-8-10-16(20-2)11-9-14/h3-11H,1,12H2,2H3,(H,18,19). The number of carbonyl (C=O) groups is 1. The molecule has 0 saturated heterocycles. The van der Waals surface area contributed by atoms with Gasteiger partial charge in [0, 0.05) is 12.1 Å². The minimum absolute atomic E-state index is 0.0915. The second-order valence-corrected chi connectivity index (χ2v) is 4.30. The number of hydrogen-bond acceptors (Lipinski definition) is 2.